The fourth-order valence-electron chi connectivity index (χ4n) is 5.18. The third-order valence-electron chi connectivity index (χ3n) is 8.19. The van der Waals surface area contributed by atoms with Crippen LogP contribution in [-0.4, -0.2) is 23.7 Å². The van der Waals surface area contributed by atoms with Crippen LogP contribution in [0.2, 0.25) is 0 Å². The third kappa shape index (κ3) is 10.8. The molecule has 5 nitrogen and oxygen atoms in total. The van der Waals surface area contributed by atoms with E-state index < -0.39 is 11.8 Å². The molecular weight excluding hydrogens is 555 g/mol. The predicted octanol–water partition coefficient (Wildman–Crippen LogP) is 10.9. The van der Waals surface area contributed by atoms with Gasteiger partial charge in [0.15, 0.2) is 11.6 Å². The highest BCUT2D eigenvalue weighted by molar-refractivity contribution is 5.97. The number of unbranched alkanes of at least 4 members (excludes halogenated alkanes) is 11. The van der Waals surface area contributed by atoms with Gasteiger partial charge in [-0.1, -0.05) is 128 Å². The fourth-order valence-corrected chi connectivity index (χ4v) is 5.18. The van der Waals surface area contributed by atoms with Crippen molar-refractivity contribution in [3.63, 3.8) is 0 Å². The lowest BCUT2D eigenvalue weighted by Gasteiger charge is -2.14. The van der Waals surface area contributed by atoms with Gasteiger partial charge in [0.1, 0.15) is 5.75 Å². The van der Waals surface area contributed by atoms with E-state index >= 15 is 4.39 Å². The molecule has 3 rings (SSSR count). The molecule has 0 spiro atoms. The van der Waals surface area contributed by atoms with Crippen molar-refractivity contribution in [3.8, 4) is 33.8 Å². The van der Waals surface area contributed by atoms with E-state index in [-0.39, 0.29) is 28.8 Å². The summed E-state index contributed by atoms with van der Waals surface area (Å²) in [6.45, 7) is 6.41. The average Bonchev–Trinajstić information content (AvgIpc) is 3.03. The zero-order valence-electron chi connectivity index (χ0n) is 26.7. The lowest BCUT2D eigenvalue weighted by molar-refractivity contribution is -0.138. The van der Waals surface area contributed by atoms with E-state index in [1.165, 1.54) is 69.9 Å². The first-order valence-electron chi connectivity index (χ1n) is 16.5. The zero-order chi connectivity index (χ0) is 31.7. The number of carboxylic acid groups (broad SMARTS) is 1. The highest BCUT2D eigenvalue weighted by Crippen LogP contribution is 2.34. The van der Waals surface area contributed by atoms with E-state index in [1.807, 2.05) is 38.1 Å². The predicted molar refractivity (Wildman–Crippen MR) is 176 cm³/mol. The number of halogens is 1. The molecule has 44 heavy (non-hydrogen) atoms. The Morgan fingerprint density at radius 2 is 1.20 bits per heavy atom. The number of carboxylic acids is 1. The van der Waals surface area contributed by atoms with Gasteiger partial charge >= 0.3 is 11.9 Å². The van der Waals surface area contributed by atoms with Crippen LogP contribution in [0.4, 0.5) is 4.39 Å². The Bertz CT molecular complexity index is 1300. The maximum absolute atomic E-state index is 15.6. The molecule has 0 amide bonds. The summed E-state index contributed by atoms with van der Waals surface area (Å²) >= 11 is 0. The lowest BCUT2D eigenvalue weighted by Crippen LogP contribution is -2.16. The van der Waals surface area contributed by atoms with Crippen molar-refractivity contribution in [1.29, 1.82) is 0 Å². The van der Waals surface area contributed by atoms with E-state index in [1.54, 1.807) is 24.3 Å². The van der Waals surface area contributed by atoms with Crippen LogP contribution in [0.3, 0.4) is 0 Å². The molecule has 0 radical (unpaired) electrons. The highest BCUT2D eigenvalue weighted by Gasteiger charge is 2.21. The van der Waals surface area contributed by atoms with Crippen molar-refractivity contribution < 1.29 is 28.6 Å². The van der Waals surface area contributed by atoms with E-state index in [4.69, 9.17) is 9.47 Å². The summed E-state index contributed by atoms with van der Waals surface area (Å²) in [5, 5.41) is 9.77. The molecule has 0 unspecified atom stereocenters. The van der Waals surface area contributed by atoms with Gasteiger partial charge < -0.3 is 14.6 Å². The van der Waals surface area contributed by atoms with Crippen LogP contribution < -0.4 is 9.47 Å². The Balaban J connectivity index is 1.54. The molecule has 0 fully saturated rings. The first kappa shape index (κ1) is 34.8. The molecule has 0 aromatic heterocycles. The maximum Gasteiger partial charge on any atom is 0.336 e. The van der Waals surface area contributed by atoms with E-state index in [0.29, 0.717) is 24.3 Å². The van der Waals surface area contributed by atoms with Crippen LogP contribution >= 0.6 is 0 Å². The molecular formula is C38H49FO5. The number of rotatable bonds is 20. The van der Waals surface area contributed by atoms with Crippen LogP contribution in [0.25, 0.3) is 22.3 Å². The number of aromatic carboxylic acids is 1. The third-order valence-corrected chi connectivity index (χ3v) is 8.19. The number of esters is 1. The quantitative estimate of drug-likeness (QED) is 0.0789. The van der Waals surface area contributed by atoms with Crippen LogP contribution in [0.5, 0.6) is 11.5 Å². The summed E-state index contributed by atoms with van der Waals surface area (Å²) in [4.78, 5) is 24.0. The summed E-state index contributed by atoms with van der Waals surface area (Å²) in [5.74, 6) is -1.75. The Labute approximate surface area is 262 Å². The molecule has 238 valence electrons. The smallest absolute Gasteiger partial charge is 0.336 e. The van der Waals surface area contributed by atoms with Crippen LogP contribution in [-0.2, 0) is 4.79 Å². The monoisotopic (exact) mass is 604 g/mol. The number of carbonyl (C=O) groups is 2. The SMILES string of the molecule is CCCCCCCCCCCCCCOc1ccc(C(=O)O)c(-c2ccc(-c3ccc(OC(=O)[C@@H](C)CC)cc3)cc2)c1F. The number of benzene rings is 3. The van der Waals surface area contributed by atoms with E-state index in [0.717, 1.165) is 30.4 Å². The Hall–Kier alpha value is -3.67. The van der Waals surface area contributed by atoms with Gasteiger partial charge in [-0.05, 0) is 53.8 Å². The molecule has 0 bridgehead atoms. The topological polar surface area (TPSA) is 72.8 Å². The van der Waals surface area contributed by atoms with Crippen molar-refractivity contribution in [2.24, 2.45) is 5.92 Å². The van der Waals surface area contributed by atoms with E-state index in [2.05, 4.69) is 6.92 Å². The van der Waals surface area contributed by atoms with Crippen molar-refractivity contribution in [2.75, 3.05) is 6.61 Å². The van der Waals surface area contributed by atoms with Crippen molar-refractivity contribution in [1.82, 2.24) is 0 Å². The molecule has 6 heteroatoms. The largest absolute Gasteiger partial charge is 0.490 e. The van der Waals surface area contributed by atoms with Gasteiger partial charge in [-0.15, -0.1) is 0 Å². The van der Waals surface area contributed by atoms with Crippen LogP contribution in [0.15, 0.2) is 60.7 Å². The average molecular weight is 605 g/mol. The minimum absolute atomic E-state index is 0.0172. The van der Waals surface area contributed by atoms with Gasteiger partial charge in [-0.3, -0.25) is 4.79 Å². The van der Waals surface area contributed by atoms with Gasteiger partial charge in [0.05, 0.1) is 18.1 Å². The second-order valence-electron chi connectivity index (χ2n) is 11.7. The summed E-state index contributed by atoms with van der Waals surface area (Å²) in [6, 6.07) is 17.1. The summed E-state index contributed by atoms with van der Waals surface area (Å²) in [6.07, 6.45) is 15.5. The highest BCUT2D eigenvalue weighted by atomic mass is 19.1. The van der Waals surface area contributed by atoms with Crippen molar-refractivity contribution >= 4 is 11.9 Å². The Kier molecular flexibility index (Phi) is 14.9. The first-order chi connectivity index (χ1) is 21.3. The lowest BCUT2D eigenvalue weighted by atomic mass is 9.96. The second-order valence-corrected chi connectivity index (χ2v) is 11.7. The molecule has 3 aromatic rings. The maximum atomic E-state index is 15.6. The standard InChI is InChI=1S/C38H49FO5/c1-4-6-7-8-9-10-11-12-13-14-15-16-27-43-34-26-25-33(37(40)41)35(36(34)39)31-19-17-29(18-20-31)30-21-23-32(24-22-30)44-38(42)28(3)5-2/h17-26,28H,4-16,27H2,1-3H3,(H,40,41)/t28-/m0/s1. The molecule has 0 heterocycles. The molecule has 1 atom stereocenters. The summed E-state index contributed by atoms with van der Waals surface area (Å²) in [5.41, 5.74) is 2.12. The number of hydrogen-bond donors (Lipinski definition) is 1. The van der Waals surface area contributed by atoms with Gasteiger partial charge in [-0.2, -0.15) is 0 Å². The fraction of sp³-hybridized carbons (Fsp3) is 0.474. The molecule has 3 aromatic carbocycles. The van der Waals surface area contributed by atoms with Crippen molar-refractivity contribution in [2.45, 2.75) is 104 Å². The second kappa shape index (κ2) is 18.9. The number of ether oxygens (including phenoxy) is 2. The normalized spacial score (nSPS) is 11.7. The van der Waals surface area contributed by atoms with Crippen molar-refractivity contribution in [3.05, 3.63) is 72.0 Å². The van der Waals surface area contributed by atoms with Crippen LogP contribution in [0.1, 0.15) is 115 Å². The van der Waals surface area contributed by atoms with Gasteiger partial charge in [-0.25, -0.2) is 9.18 Å². The van der Waals surface area contributed by atoms with Crippen LogP contribution in [0, 0.1) is 11.7 Å². The zero-order valence-corrected chi connectivity index (χ0v) is 26.7. The minimum Gasteiger partial charge on any atom is -0.490 e. The number of hydrogen-bond acceptors (Lipinski definition) is 4. The number of carbonyl (C=O) groups excluding carboxylic acids is 1. The molecule has 1 N–H and O–H groups in total. The molecule has 0 saturated carbocycles. The summed E-state index contributed by atoms with van der Waals surface area (Å²) in [7, 11) is 0. The van der Waals surface area contributed by atoms with Gasteiger partial charge in [0.2, 0.25) is 0 Å². The van der Waals surface area contributed by atoms with Gasteiger partial charge in [0.25, 0.3) is 0 Å². The molecule has 0 aliphatic heterocycles. The minimum atomic E-state index is -1.20. The van der Waals surface area contributed by atoms with E-state index in [9.17, 15) is 14.7 Å². The Morgan fingerprint density at radius 1 is 0.705 bits per heavy atom. The Morgan fingerprint density at radius 3 is 1.73 bits per heavy atom. The molecule has 0 saturated heterocycles. The summed E-state index contributed by atoms with van der Waals surface area (Å²) < 4.78 is 26.8. The molecule has 0 aliphatic carbocycles. The first-order valence-corrected chi connectivity index (χ1v) is 16.5. The van der Waals surface area contributed by atoms with Gasteiger partial charge in [0, 0.05) is 5.56 Å². The molecule has 0 aliphatic rings.